The normalized spacial score (nSPS) is 11.1. The number of H-pyrrole nitrogens is 1. The first-order valence-corrected chi connectivity index (χ1v) is 7.47. The molecule has 0 bridgehead atoms. The van der Waals surface area contributed by atoms with Crippen molar-refractivity contribution in [3.8, 4) is 0 Å². The molecule has 0 radical (unpaired) electrons. The average Bonchev–Trinajstić information content (AvgIpc) is 3.02. The highest BCUT2D eigenvalue weighted by atomic mass is 16.2. The van der Waals surface area contributed by atoms with E-state index in [0.29, 0.717) is 23.7 Å². The van der Waals surface area contributed by atoms with Crippen molar-refractivity contribution < 1.29 is 0 Å². The van der Waals surface area contributed by atoms with E-state index in [4.69, 9.17) is 0 Å². The van der Waals surface area contributed by atoms with E-state index in [-0.39, 0.29) is 11.2 Å². The molecule has 2 heterocycles. The van der Waals surface area contributed by atoms with E-state index in [0.717, 1.165) is 16.7 Å². The molecule has 0 unspecified atom stereocenters. The van der Waals surface area contributed by atoms with Crippen LogP contribution in [0.1, 0.15) is 12.5 Å². The number of fused-ring (bicyclic) bond motifs is 1. The Labute approximate surface area is 132 Å². The number of rotatable bonds is 4. The molecule has 0 aliphatic rings. The van der Waals surface area contributed by atoms with Crippen molar-refractivity contribution in [2.45, 2.75) is 13.5 Å². The number of aromatic amines is 1. The second-order valence-corrected chi connectivity index (χ2v) is 5.46. The molecule has 0 aliphatic heterocycles. The lowest BCUT2D eigenvalue weighted by molar-refractivity contribution is 0.708. The maximum Gasteiger partial charge on any atom is 0.332 e. The Bertz CT molecular complexity index is 952. The maximum atomic E-state index is 12.2. The van der Waals surface area contributed by atoms with Gasteiger partial charge in [-0.3, -0.25) is 13.9 Å². The van der Waals surface area contributed by atoms with Gasteiger partial charge in [-0.15, -0.1) is 0 Å². The number of nitrogens with one attached hydrogen (secondary N) is 1. The first-order valence-electron chi connectivity index (χ1n) is 7.47. The summed E-state index contributed by atoms with van der Waals surface area (Å²) in [4.78, 5) is 33.8. The van der Waals surface area contributed by atoms with Gasteiger partial charge in [-0.05, 0) is 12.5 Å². The maximum absolute atomic E-state index is 12.2. The smallest absolute Gasteiger partial charge is 0.332 e. The predicted octanol–water partition coefficient (Wildman–Crippen LogP) is 0.987. The molecular weight excluding hydrogens is 294 g/mol. The van der Waals surface area contributed by atoms with E-state index in [1.807, 2.05) is 42.2 Å². The number of aryl methyl sites for hydroxylation is 1. The fraction of sp³-hybridized carbons (Fsp3) is 0.312. The van der Waals surface area contributed by atoms with Crippen LogP contribution in [0.3, 0.4) is 0 Å². The molecule has 23 heavy (non-hydrogen) atoms. The van der Waals surface area contributed by atoms with Gasteiger partial charge < -0.3 is 9.88 Å². The number of nitrogens with zero attached hydrogens (tertiary/aromatic N) is 4. The molecule has 0 fully saturated rings. The lowest BCUT2D eigenvalue weighted by atomic mass is 10.2. The van der Waals surface area contributed by atoms with E-state index in [1.54, 1.807) is 7.05 Å². The summed E-state index contributed by atoms with van der Waals surface area (Å²) in [5.74, 6) is 0.588. The molecule has 3 aromatic rings. The summed E-state index contributed by atoms with van der Waals surface area (Å²) < 4.78 is 2.46. The molecule has 0 saturated carbocycles. The van der Waals surface area contributed by atoms with Crippen molar-refractivity contribution in [2.24, 2.45) is 14.1 Å². The standard InChI is InChI=1S/C16H19N5O2/c1-4-21(10-11-8-6-5-7-9-11)15-17-12-13(18-15)19(2)16(23)20(3)14(12)22/h5-9H,4,10H2,1-3H3,(H,17,18). The number of imidazole rings is 1. The summed E-state index contributed by atoms with van der Waals surface area (Å²) in [6.45, 7) is 3.42. The molecule has 1 aromatic carbocycles. The molecule has 0 atom stereocenters. The summed E-state index contributed by atoms with van der Waals surface area (Å²) in [7, 11) is 3.08. The van der Waals surface area contributed by atoms with E-state index in [1.165, 1.54) is 11.6 Å². The number of aromatic nitrogens is 4. The van der Waals surface area contributed by atoms with Crippen molar-refractivity contribution in [2.75, 3.05) is 11.4 Å². The SMILES string of the molecule is CCN(Cc1ccccc1)c1nc2c([nH]1)c(=O)n(C)c(=O)n2C. The van der Waals surface area contributed by atoms with Gasteiger partial charge in [0.15, 0.2) is 11.2 Å². The van der Waals surface area contributed by atoms with Crippen molar-refractivity contribution in [3.63, 3.8) is 0 Å². The fourth-order valence-electron chi connectivity index (χ4n) is 2.60. The highest BCUT2D eigenvalue weighted by Crippen LogP contribution is 2.16. The number of anilines is 1. The van der Waals surface area contributed by atoms with Crippen molar-refractivity contribution >= 4 is 17.1 Å². The van der Waals surface area contributed by atoms with Gasteiger partial charge in [-0.1, -0.05) is 30.3 Å². The summed E-state index contributed by atoms with van der Waals surface area (Å²) in [6.07, 6.45) is 0. The van der Waals surface area contributed by atoms with Crippen LogP contribution in [-0.2, 0) is 20.6 Å². The minimum absolute atomic E-state index is 0.344. The van der Waals surface area contributed by atoms with Crippen LogP contribution >= 0.6 is 0 Å². The molecule has 0 aliphatic carbocycles. The van der Waals surface area contributed by atoms with Gasteiger partial charge in [-0.25, -0.2) is 4.79 Å². The van der Waals surface area contributed by atoms with Crippen LogP contribution in [0.2, 0.25) is 0 Å². The molecule has 7 heteroatoms. The first kappa shape index (κ1) is 15.1. The topological polar surface area (TPSA) is 75.9 Å². The van der Waals surface area contributed by atoms with Crippen LogP contribution < -0.4 is 16.1 Å². The van der Waals surface area contributed by atoms with E-state index in [2.05, 4.69) is 9.97 Å². The van der Waals surface area contributed by atoms with Gasteiger partial charge in [0.1, 0.15) is 0 Å². The minimum atomic E-state index is -0.383. The van der Waals surface area contributed by atoms with Crippen molar-refractivity contribution in [3.05, 3.63) is 56.7 Å². The highest BCUT2D eigenvalue weighted by Gasteiger charge is 2.16. The molecule has 2 aromatic heterocycles. The molecule has 3 rings (SSSR count). The van der Waals surface area contributed by atoms with Crippen molar-refractivity contribution in [1.29, 1.82) is 0 Å². The lowest BCUT2D eigenvalue weighted by Gasteiger charge is -2.19. The molecule has 120 valence electrons. The summed E-state index contributed by atoms with van der Waals surface area (Å²) in [5, 5.41) is 0. The van der Waals surface area contributed by atoms with E-state index >= 15 is 0 Å². The Hall–Kier alpha value is -2.83. The quantitative estimate of drug-likeness (QED) is 0.779. The fourth-order valence-corrected chi connectivity index (χ4v) is 2.60. The zero-order valence-corrected chi connectivity index (χ0v) is 13.4. The Balaban J connectivity index is 2.09. The second-order valence-electron chi connectivity index (χ2n) is 5.46. The Morgan fingerprint density at radius 2 is 1.83 bits per heavy atom. The number of hydrogen-bond donors (Lipinski definition) is 1. The first-order chi connectivity index (χ1) is 11.0. The minimum Gasteiger partial charge on any atom is -0.338 e. The Morgan fingerprint density at radius 1 is 1.13 bits per heavy atom. The third-order valence-corrected chi connectivity index (χ3v) is 3.98. The monoisotopic (exact) mass is 313 g/mol. The van der Waals surface area contributed by atoms with Crippen LogP contribution in [0.25, 0.3) is 11.2 Å². The van der Waals surface area contributed by atoms with Crippen LogP contribution in [0.5, 0.6) is 0 Å². The lowest BCUT2D eigenvalue weighted by Crippen LogP contribution is -2.36. The molecule has 0 saturated heterocycles. The molecule has 0 amide bonds. The van der Waals surface area contributed by atoms with Crippen LogP contribution in [-0.4, -0.2) is 25.6 Å². The Morgan fingerprint density at radius 3 is 2.48 bits per heavy atom. The zero-order valence-electron chi connectivity index (χ0n) is 13.4. The van der Waals surface area contributed by atoms with Gasteiger partial charge in [-0.2, -0.15) is 4.98 Å². The van der Waals surface area contributed by atoms with E-state index in [9.17, 15) is 9.59 Å². The van der Waals surface area contributed by atoms with Gasteiger partial charge in [0, 0.05) is 27.2 Å². The second kappa shape index (κ2) is 5.75. The van der Waals surface area contributed by atoms with Crippen LogP contribution in [0.4, 0.5) is 5.95 Å². The Kier molecular flexibility index (Phi) is 3.77. The summed E-state index contributed by atoms with van der Waals surface area (Å²) >= 11 is 0. The van der Waals surface area contributed by atoms with Gasteiger partial charge in [0.05, 0.1) is 0 Å². The largest absolute Gasteiger partial charge is 0.338 e. The van der Waals surface area contributed by atoms with Gasteiger partial charge in [0.2, 0.25) is 5.95 Å². The van der Waals surface area contributed by atoms with Gasteiger partial charge >= 0.3 is 5.69 Å². The predicted molar refractivity (Wildman–Crippen MR) is 89.7 cm³/mol. The number of benzene rings is 1. The molecular formula is C16H19N5O2. The third kappa shape index (κ3) is 2.54. The molecule has 1 N–H and O–H groups in total. The van der Waals surface area contributed by atoms with Crippen LogP contribution in [0.15, 0.2) is 39.9 Å². The summed E-state index contributed by atoms with van der Waals surface area (Å²) in [6, 6.07) is 10.0. The summed E-state index contributed by atoms with van der Waals surface area (Å²) in [5.41, 5.74) is 1.12. The average molecular weight is 313 g/mol. The highest BCUT2D eigenvalue weighted by molar-refractivity contribution is 5.72. The third-order valence-electron chi connectivity index (χ3n) is 3.98. The number of hydrogen-bond acceptors (Lipinski definition) is 4. The van der Waals surface area contributed by atoms with Crippen molar-refractivity contribution in [1.82, 2.24) is 19.1 Å². The molecule has 7 nitrogen and oxygen atoms in total. The zero-order chi connectivity index (χ0) is 16.6. The van der Waals surface area contributed by atoms with Crippen LogP contribution in [0, 0.1) is 0 Å². The van der Waals surface area contributed by atoms with Gasteiger partial charge in [0.25, 0.3) is 5.56 Å². The molecule has 0 spiro atoms. The van der Waals surface area contributed by atoms with E-state index < -0.39 is 0 Å².